The first-order valence-corrected chi connectivity index (χ1v) is 4.93. The average Bonchev–Trinajstić information content (AvgIpc) is 2.81. The maximum Gasteiger partial charge on any atom is -0.0414 e. The molecule has 0 saturated heterocycles. The van der Waals surface area contributed by atoms with Crippen molar-refractivity contribution in [2.45, 2.75) is 60.3 Å². The summed E-state index contributed by atoms with van der Waals surface area (Å²) in [6.07, 6.45) is 5.92. The molecule has 0 heterocycles. The summed E-state index contributed by atoms with van der Waals surface area (Å²) < 4.78 is 0. The van der Waals surface area contributed by atoms with Gasteiger partial charge in [0.15, 0.2) is 0 Å². The lowest BCUT2D eigenvalue weighted by molar-refractivity contribution is 0.708. The number of rotatable bonds is 2. The third-order valence-electron chi connectivity index (χ3n) is 1.39. The summed E-state index contributed by atoms with van der Waals surface area (Å²) in [7, 11) is 0. The molecule has 0 aliphatic heterocycles. The molecule has 10 heavy (non-hydrogen) atoms. The molecule has 0 heteroatoms. The van der Waals surface area contributed by atoms with E-state index < -0.39 is 0 Å². The van der Waals surface area contributed by atoms with E-state index in [4.69, 9.17) is 0 Å². The monoisotopic (exact) mass is 144 g/mol. The molecule has 1 aliphatic rings. The molecule has 1 aliphatic carbocycles. The Kier molecular flexibility index (Phi) is 14.9. The molecule has 0 amide bonds. The van der Waals surface area contributed by atoms with Crippen molar-refractivity contribution in [3.63, 3.8) is 0 Å². The van der Waals surface area contributed by atoms with E-state index in [0.29, 0.717) is 0 Å². The first kappa shape index (κ1) is 12.7. The highest BCUT2D eigenvalue weighted by Crippen LogP contribution is 2.32. The lowest BCUT2D eigenvalue weighted by Crippen LogP contribution is -1.68. The van der Waals surface area contributed by atoms with Crippen molar-refractivity contribution in [3.8, 4) is 0 Å². The highest BCUT2D eigenvalue weighted by atomic mass is 14.2. The predicted octanol–water partition coefficient (Wildman–Crippen LogP) is 4.25. The zero-order chi connectivity index (χ0) is 8.41. The zero-order valence-corrected chi connectivity index (χ0v) is 8.41. The van der Waals surface area contributed by atoms with Crippen molar-refractivity contribution in [1.82, 2.24) is 0 Å². The van der Waals surface area contributed by atoms with Gasteiger partial charge in [-0.3, -0.25) is 0 Å². The van der Waals surface area contributed by atoms with Crippen molar-refractivity contribution < 1.29 is 0 Å². The minimum Gasteiger partial charge on any atom is -0.0683 e. The maximum atomic E-state index is 2.26. The minimum absolute atomic E-state index is 1.15. The van der Waals surface area contributed by atoms with E-state index in [1.165, 1.54) is 25.7 Å². The van der Waals surface area contributed by atoms with Crippen LogP contribution in [0.15, 0.2) is 0 Å². The molecular weight excluding hydrogens is 120 g/mol. The molecule has 0 N–H and O–H groups in total. The normalized spacial score (nSPS) is 14.1. The molecule has 0 aromatic rings. The Bertz CT molecular complexity index is 35.3. The Morgan fingerprint density at radius 3 is 1.50 bits per heavy atom. The zero-order valence-electron chi connectivity index (χ0n) is 8.41. The summed E-state index contributed by atoms with van der Waals surface area (Å²) in [5, 5.41) is 0. The van der Waals surface area contributed by atoms with Crippen LogP contribution in [0.25, 0.3) is 0 Å². The second-order valence-corrected chi connectivity index (χ2v) is 2.23. The first-order valence-electron chi connectivity index (χ1n) is 4.93. The SMILES string of the molecule is CC.CC.CCCC1CC1. The van der Waals surface area contributed by atoms with E-state index in [0.717, 1.165) is 5.92 Å². The summed E-state index contributed by atoms with van der Waals surface area (Å²) >= 11 is 0. The molecule has 0 aromatic heterocycles. The Morgan fingerprint density at radius 1 is 1.00 bits per heavy atom. The molecule has 0 aromatic carbocycles. The van der Waals surface area contributed by atoms with Crippen LogP contribution in [0.3, 0.4) is 0 Å². The summed E-state index contributed by atoms with van der Waals surface area (Å²) in [6, 6.07) is 0. The molecular formula is C10H24. The Labute approximate surface area is 67.0 Å². The second kappa shape index (κ2) is 11.8. The lowest BCUT2D eigenvalue weighted by atomic mass is 10.2. The summed E-state index contributed by atoms with van der Waals surface area (Å²) in [5.41, 5.74) is 0. The van der Waals surface area contributed by atoms with Gasteiger partial charge < -0.3 is 0 Å². The average molecular weight is 144 g/mol. The smallest absolute Gasteiger partial charge is 0.0414 e. The molecule has 0 spiro atoms. The summed E-state index contributed by atoms with van der Waals surface area (Å²) in [4.78, 5) is 0. The molecule has 0 unspecified atom stereocenters. The van der Waals surface area contributed by atoms with Crippen LogP contribution in [0, 0.1) is 5.92 Å². The van der Waals surface area contributed by atoms with Gasteiger partial charge in [-0.15, -0.1) is 0 Å². The van der Waals surface area contributed by atoms with E-state index >= 15 is 0 Å². The van der Waals surface area contributed by atoms with Gasteiger partial charge in [-0.2, -0.15) is 0 Å². The standard InChI is InChI=1S/C6H12.2C2H6/c1-2-3-6-4-5-6;2*1-2/h6H,2-5H2,1H3;2*1-2H3. The van der Waals surface area contributed by atoms with Crippen LogP contribution >= 0.6 is 0 Å². The molecule has 0 bridgehead atoms. The Morgan fingerprint density at radius 2 is 1.40 bits per heavy atom. The molecule has 64 valence electrons. The molecule has 0 atom stereocenters. The highest BCUT2D eigenvalue weighted by molar-refractivity contribution is 4.71. The van der Waals surface area contributed by atoms with Crippen molar-refractivity contribution in [2.24, 2.45) is 5.92 Å². The third kappa shape index (κ3) is 10.9. The van der Waals surface area contributed by atoms with Crippen LogP contribution < -0.4 is 0 Å². The topological polar surface area (TPSA) is 0 Å². The fraction of sp³-hybridized carbons (Fsp3) is 1.00. The second-order valence-electron chi connectivity index (χ2n) is 2.23. The molecule has 1 fully saturated rings. The Balaban J connectivity index is 0. The lowest BCUT2D eigenvalue weighted by Gasteiger charge is -1.82. The summed E-state index contributed by atoms with van der Waals surface area (Å²) in [6.45, 7) is 10.3. The van der Waals surface area contributed by atoms with Gasteiger partial charge in [0.25, 0.3) is 0 Å². The van der Waals surface area contributed by atoms with Crippen LogP contribution in [-0.4, -0.2) is 0 Å². The van der Waals surface area contributed by atoms with E-state index in [-0.39, 0.29) is 0 Å². The Hall–Kier alpha value is 0. The quantitative estimate of drug-likeness (QED) is 0.543. The van der Waals surface area contributed by atoms with Gasteiger partial charge in [0, 0.05) is 0 Å². The molecule has 1 rings (SSSR count). The maximum absolute atomic E-state index is 2.26. The highest BCUT2D eigenvalue weighted by Gasteiger charge is 2.18. The minimum atomic E-state index is 1.15. The van der Waals surface area contributed by atoms with Gasteiger partial charge >= 0.3 is 0 Å². The predicted molar refractivity (Wildman–Crippen MR) is 50.3 cm³/mol. The van der Waals surface area contributed by atoms with Crippen LogP contribution in [-0.2, 0) is 0 Å². The van der Waals surface area contributed by atoms with E-state index in [2.05, 4.69) is 6.92 Å². The largest absolute Gasteiger partial charge is 0.0683 e. The van der Waals surface area contributed by atoms with Crippen molar-refractivity contribution in [3.05, 3.63) is 0 Å². The van der Waals surface area contributed by atoms with Gasteiger partial charge in [-0.05, 0) is 5.92 Å². The van der Waals surface area contributed by atoms with Crippen LogP contribution in [0.1, 0.15) is 60.3 Å². The van der Waals surface area contributed by atoms with E-state index in [1.807, 2.05) is 27.7 Å². The third-order valence-corrected chi connectivity index (χ3v) is 1.39. The molecule has 0 nitrogen and oxygen atoms in total. The van der Waals surface area contributed by atoms with Gasteiger partial charge in [-0.25, -0.2) is 0 Å². The van der Waals surface area contributed by atoms with Crippen LogP contribution in [0.4, 0.5) is 0 Å². The van der Waals surface area contributed by atoms with Crippen LogP contribution in [0.5, 0.6) is 0 Å². The van der Waals surface area contributed by atoms with E-state index in [9.17, 15) is 0 Å². The van der Waals surface area contributed by atoms with Gasteiger partial charge in [0.2, 0.25) is 0 Å². The van der Waals surface area contributed by atoms with Gasteiger partial charge in [0.1, 0.15) is 0 Å². The van der Waals surface area contributed by atoms with Gasteiger partial charge in [-0.1, -0.05) is 60.3 Å². The van der Waals surface area contributed by atoms with Crippen molar-refractivity contribution in [2.75, 3.05) is 0 Å². The number of hydrogen-bond donors (Lipinski definition) is 0. The first-order chi connectivity index (χ1) is 4.93. The summed E-state index contributed by atoms with van der Waals surface area (Å²) in [5.74, 6) is 1.15. The number of hydrogen-bond acceptors (Lipinski definition) is 0. The van der Waals surface area contributed by atoms with Crippen LogP contribution in [0.2, 0.25) is 0 Å². The fourth-order valence-electron chi connectivity index (χ4n) is 0.815. The van der Waals surface area contributed by atoms with Crippen molar-refractivity contribution >= 4 is 0 Å². The fourth-order valence-corrected chi connectivity index (χ4v) is 0.815. The molecule has 1 saturated carbocycles. The van der Waals surface area contributed by atoms with E-state index in [1.54, 1.807) is 0 Å². The van der Waals surface area contributed by atoms with Gasteiger partial charge in [0.05, 0.1) is 0 Å². The van der Waals surface area contributed by atoms with Crippen molar-refractivity contribution in [1.29, 1.82) is 0 Å². The molecule has 0 radical (unpaired) electrons.